The summed E-state index contributed by atoms with van der Waals surface area (Å²) in [6.45, 7) is 0. The molecule has 3 nitrogen and oxygen atoms in total. The summed E-state index contributed by atoms with van der Waals surface area (Å²) in [5.74, 6) is 0.323. The van der Waals surface area contributed by atoms with Gasteiger partial charge in [-0.15, -0.1) is 0 Å². The van der Waals surface area contributed by atoms with Gasteiger partial charge in [-0.05, 0) is 24.7 Å². The summed E-state index contributed by atoms with van der Waals surface area (Å²) >= 11 is 0. The predicted molar refractivity (Wildman–Crippen MR) is 50.8 cm³/mol. The molecule has 14 heavy (non-hydrogen) atoms. The fourth-order valence-electron chi connectivity index (χ4n) is 2.67. The van der Waals surface area contributed by atoms with Crippen LogP contribution < -0.4 is 0 Å². The maximum Gasteiger partial charge on any atom is 0.307 e. The molecule has 3 heteroatoms. The lowest BCUT2D eigenvalue weighted by atomic mass is 9.72. The molecule has 0 aromatic carbocycles. The van der Waals surface area contributed by atoms with Gasteiger partial charge in [-0.1, -0.05) is 11.6 Å². The number of carboxylic acid groups (broad SMARTS) is 1. The van der Waals surface area contributed by atoms with Gasteiger partial charge in [-0.25, -0.2) is 0 Å². The van der Waals surface area contributed by atoms with E-state index in [9.17, 15) is 9.59 Å². The number of Topliss-reactive ketones (excluding diaryl/α,β-unsaturated/α-hetero) is 1. The van der Waals surface area contributed by atoms with E-state index < -0.39 is 5.97 Å². The van der Waals surface area contributed by atoms with Crippen LogP contribution in [0.25, 0.3) is 0 Å². The molecule has 0 saturated heterocycles. The Morgan fingerprint density at radius 3 is 2.86 bits per heavy atom. The molecule has 1 N–H and O–H groups in total. The molecule has 0 aromatic heterocycles. The van der Waals surface area contributed by atoms with Gasteiger partial charge >= 0.3 is 5.97 Å². The van der Waals surface area contributed by atoms with Crippen LogP contribution in [-0.2, 0) is 9.59 Å². The molecule has 0 heterocycles. The molecule has 2 atom stereocenters. The third-order valence-corrected chi connectivity index (χ3v) is 3.04. The van der Waals surface area contributed by atoms with Crippen LogP contribution in [0.3, 0.4) is 0 Å². The molecule has 1 fully saturated rings. The Kier molecular flexibility index (Phi) is 2.40. The van der Waals surface area contributed by atoms with Crippen molar-refractivity contribution in [2.45, 2.75) is 32.1 Å². The standard InChI is InChI=1S/C11H14O3/c12-10-4-7-1-8(5-10)3-9(2-7)6-11(13)14/h2,7-8H,1,3-6H2,(H,13,14). The van der Waals surface area contributed by atoms with Gasteiger partial charge in [0.15, 0.2) is 0 Å². The summed E-state index contributed by atoms with van der Waals surface area (Å²) in [6.07, 6.45) is 5.35. The van der Waals surface area contributed by atoms with Gasteiger partial charge in [0.25, 0.3) is 0 Å². The van der Waals surface area contributed by atoms with E-state index in [0.29, 0.717) is 30.5 Å². The van der Waals surface area contributed by atoms with Crippen LogP contribution >= 0.6 is 0 Å². The maximum atomic E-state index is 11.3. The number of carboxylic acids is 1. The Morgan fingerprint density at radius 2 is 2.21 bits per heavy atom. The minimum absolute atomic E-state index is 0.154. The van der Waals surface area contributed by atoms with Crippen molar-refractivity contribution in [1.29, 1.82) is 0 Å². The first-order valence-electron chi connectivity index (χ1n) is 5.06. The molecule has 0 spiro atoms. The Morgan fingerprint density at radius 1 is 1.43 bits per heavy atom. The maximum absolute atomic E-state index is 11.3. The van der Waals surface area contributed by atoms with Crippen molar-refractivity contribution in [3.63, 3.8) is 0 Å². The van der Waals surface area contributed by atoms with Crippen LogP contribution in [0.15, 0.2) is 11.6 Å². The third kappa shape index (κ3) is 2.03. The first-order valence-corrected chi connectivity index (χ1v) is 5.06. The molecular formula is C11H14O3. The minimum Gasteiger partial charge on any atom is -0.481 e. The largest absolute Gasteiger partial charge is 0.481 e. The second kappa shape index (κ2) is 3.56. The Hall–Kier alpha value is -1.12. The smallest absolute Gasteiger partial charge is 0.307 e. The third-order valence-electron chi connectivity index (χ3n) is 3.04. The molecule has 76 valence electrons. The van der Waals surface area contributed by atoms with Gasteiger partial charge in [-0.3, -0.25) is 9.59 Å². The monoisotopic (exact) mass is 194 g/mol. The number of allylic oxidation sites excluding steroid dienone is 1. The molecule has 2 unspecified atom stereocenters. The summed E-state index contributed by atoms with van der Waals surface area (Å²) in [7, 11) is 0. The van der Waals surface area contributed by atoms with Gasteiger partial charge in [0.2, 0.25) is 0 Å². The van der Waals surface area contributed by atoms with E-state index in [1.54, 1.807) is 0 Å². The molecule has 2 aliphatic rings. The van der Waals surface area contributed by atoms with Crippen molar-refractivity contribution in [2.75, 3.05) is 0 Å². The quantitative estimate of drug-likeness (QED) is 0.681. The van der Waals surface area contributed by atoms with Crippen molar-refractivity contribution in [1.82, 2.24) is 0 Å². The van der Waals surface area contributed by atoms with Gasteiger partial charge in [0, 0.05) is 12.8 Å². The van der Waals surface area contributed by atoms with Gasteiger partial charge < -0.3 is 5.11 Å². The van der Waals surface area contributed by atoms with E-state index in [2.05, 4.69) is 0 Å². The van der Waals surface area contributed by atoms with Crippen LogP contribution in [0.4, 0.5) is 0 Å². The highest BCUT2D eigenvalue weighted by Gasteiger charge is 2.30. The molecule has 1 saturated carbocycles. The first-order chi connectivity index (χ1) is 6.63. The summed E-state index contributed by atoms with van der Waals surface area (Å²) in [4.78, 5) is 21.8. The van der Waals surface area contributed by atoms with Gasteiger partial charge in [-0.2, -0.15) is 0 Å². The summed E-state index contributed by atoms with van der Waals surface area (Å²) in [6, 6.07) is 0. The van der Waals surface area contributed by atoms with Crippen LogP contribution in [0.5, 0.6) is 0 Å². The van der Waals surface area contributed by atoms with Crippen molar-refractivity contribution in [3.8, 4) is 0 Å². The number of hydrogen-bond acceptors (Lipinski definition) is 2. The molecule has 0 aromatic rings. The second-order valence-electron chi connectivity index (χ2n) is 4.41. The number of fused-ring (bicyclic) bond motifs is 2. The topological polar surface area (TPSA) is 54.4 Å². The Balaban J connectivity index is 2.08. The number of rotatable bonds is 2. The highest BCUT2D eigenvalue weighted by atomic mass is 16.4. The van der Waals surface area contributed by atoms with E-state index in [4.69, 9.17) is 5.11 Å². The molecule has 2 aliphatic carbocycles. The normalized spacial score (nSPS) is 31.1. The average Bonchev–Trinajstić information content (AvgIpc) is 1.99. The van der Waals surface area contributed by atoms with E-state index in [0.717, 1.165) is 18.4 Å². The lowest BCUT2D eigenvalue weighted by Gasteiger charge is -2.32. The molecule has 0 amide bonds. The van der Waals surface area contributed by atoms with E-state index in [1.807, 2.05) is 6.08 Å². The predicted octanol–water partition coefficient (Wildman–Crippen LogP) is 1.78. The lowest BCUT2D eigenvalue weighted by molar-refractivity contribution is -0.136. The second-order valence-corrected chi connectivity index (χ2v) is 4.41. The van der Waals surface area contributed by atoms with Crippen molar-refractivity contribution >= 4 is 11.8 Å². The number of carbonyl (C=O) groups excluding carboxylic acids is 1. The average molecular weight is 194 g/mol. The molecular weight excluding hydrogens is 180 g/mol. The highest BCUT2D eigenvalue weighted by molar-refractivity contribution is 5.80. The summed E-state index contributed by atoms with van der Waals surface area (Å²) in [5.41, 5.74) is 1.02. The summed E-state index contributed by atoms with van der Waals surface area (Å²) < 4.78 is 0. The molecule has 2 rings (SSSR count). The zero-order chi connectivity index (χ0) is 10.1. The van der Waals surface area contributed by atoms with Crippen molar-refractivity contribution in [2.24, 2.45) is 11.8 Å². The van der Waals surface area contributed by atoms with Gasteiger partial charge in [0.1, 0.15) is 5.78 Å². The first kappa shape index (κ1) is 9.44. The van der Waals surface area contributed by atoms with Gasteiger partial charge in [0.05, 0.1) is 6.42 Å². The highest BCUT2D eigenvalue weighted by Crippen LogP contribution is 2.38. The van der Waals surface area contributed by atoms with Crippen molar-refractivity contribution < 1.29 is 14.7 Å². The summed E-state index contributed by atoms with van der Waals surface area (Å²) in [5, 5.41) is 8.67. The van der Waals surface area contributed by atoms with Crippen LogP contribution in [-0.4, -0.2) is 16.9 Å². The van der Waals surface area contributed by atoms with E-state index >= 15 is 0 Å². The SMILES string of the molecule is O=C(O)CC1=CC2CC(=O)CC(C1)C2. The van der Waals surface area contributed by atoms with E-state index in [-0.39, 0.29) is 6.42 Å². The molecule has 0 radical (unpaired) electrons. The number of carbonyl (C=O) groups is 2. The number of hydrogen-bond donors (Lipinski definition) is 1. The zero-order valence-electron chi connectivity index (χ0n) is 8.03. The Labute approximate surface area is 82.8 Å². The fraction of sp³-hybridized carbons (Fsp3) is 0.636. The van der Waals surface area contributed by atoms with Crippen LogP contribution in [0.2, 0.25) is 0 Å². The zero-order valence-corrected chi connectivity index (χ0v) is 8.03. The van der Waals surface area contributed by atoms with Crippen molar-refractivity contribution in [3.05, 3.63) is 11.6 Å². The lowest BCUT2D eigenvalue weighted by Crippen LogP contribution is -2.26. The molecule has 0 aliphatic heterocycles. The minimum atomic E-state index is -0.762. The van der Waals surface area contributed by atoms with E-state index in [1.165, 1.54) is 0 Å². The van der Waals surface area contributed by atoms with Crippen LogP contribution in [0.1, 0.15) is 32.1 Å². The molecule has 2 bridgehead atoms. The fourth-order valence-corrected chi connectivity index (χ4v) is 2.67. The number of ketones is 1. The number of aliphatic carboxylic acids is 1. The Bertz CT molecular complexity index is 304. The van der Waals surface area contributed by atoms with Crippen LogP contribution in [0, 0.1) is 11.8 Å².